The lowest BCUT2D eigenvalue weighted by Crippen LogP contribution is -2.61. The van der Waals surface area contributed by atoms with Crippen LogP contribution in [-0.4, -0.2) is 59.9 Å². The Morgan fingerprint density at radius 3 is 1.74 bits per heavy atom. The largest absolute Gasteiger partial charge is 0.427 e. The minimum atomic E-state index is -0.0895. The molecule has 10 rings (SSSR count). The minimum Gasteiger partial charge on any atom is -0.427 e. The Balaban J connectivity index is 0.649. The van der Waals surface area contributed by atoms with Crippen LogP contribution in [0.1, 0.15) is 176 Å². The van der Waals surface area contributed by atoms with Crippen molar-refractivity contribution in [2.45, 2.75) is 190 Å². The number of likely N-dealkylation sites (tertiary alicyclic amines) is 2. The van der Waals surface area contributed by atoms with E-state index >= 15 is 0 Å². The van der Waals surface area contributed by atoms with E-state index in [0.717, 1.165) is 73.6 Å². The van der Waals surface area contributed by atoms with Gasteiger partial charge in [0.1, 0.15) is 5.75 Å². The highest BCUT2D eigenvalue weighted by atomic mass is 16.5. The first-order chi connectivity index (χ1) is 28.5. The molecular weight excluding hydrogens is 715 g/mol. The van der Waals surface area contributed by atoms with Gasteiger partial charge in [0.25, 0.3) is 0 Å². The number of anilines is 1. The number of amides is 1. The summed E-state index contributed by atoms with van der Waals surface area (Å²) in [5, 5.41) is 3.30. The zero-order chi connectivity index (χ0) is 39.1. The molecule has 2 heterocycles. The van der Waals surface area contributed by atoms with Crippen molar-refractivity contribution < 1.29 is 14.3 Å². The molecule has 6 nitrogen and oxygen atoms in total. The summed E-state index contributed by atoms with van der Waals surface area (Å²) in [5.41, 5.74) is 7.77. The predicted octanol–water partition coefficient (Wildman–Crippen LogP) is 11.1. The molecule has 6 atom stereocenters. The standard InChI is InChI=1S/C52H73N3O3/c56-49(53-41-23-21-39-31-47-43-17-7-9-25-51(43,45(39)33-41)27-29-54(47)35-37-13-11-14-37)19-5-3-1-2-4-6-20-50(57)58-42-24-22-40-32-48-44-18-8-10-26-52(44,46(40)34-42)28-30-55(48)36-38-15-12-16-38/h21-24,33-34,37-38,43-44,47-48H,1-20,25-32,35-36H2,(H,53,56)/t43-,44+,47-,48+,51+,52-/m0/s1. The topological polar surface area (TPSA) is 61.9 Å². The van der Waals surface area contributed by atoms with E-state index in [9.17, 15) is 9.59 Å². The number of ether oxygens (including phenoxy) is 1. The zero-order valence-corrected chi connectivity index (χ0v) is 35.8. The molecule has 2 saturated heterocycles. The molecule has 6 heteroatoms. The lowest BCUT2D eigenvalue weighted by Gasteiger charge is -2.59. The highest BCUT2D eigenvalue weighted by molar-refractivity contribution is 5.90. The summed E-state index contributed by atoms with van der Waals surface area (Å²) >= 11 is 0. The van der Waals surface area contributed by atoms with Gasteiger partial charge < -0.3 is 10.1 Å². The van der Waals surface area contributed by atoms with Crippen LogP contribution in [0, 0.1) is 23.7 Å². The van der Waals surface area contributed by atoms with Crippen molar-refractivity contribution >= 4 is 17.6 Å². The molecule has 2 aromatic rings. The second kappa shape index (κ2) is 17.0. The Hall–Kier alpha value is -2.70. The van der Waals surface area contributed by atoms with E-state index in [1.807, 2.05) is 0 Å². The van der Waals surface area contributed by atoms with Gasteiger partial charge in [0, 0.05) is 54.5 Å². The minimum absolute atomic E-state index is 0.0895. The van der Waals surface area contributed by atoms with Crippen molar-refractivity contribution in [3.05, 3.63) is 58.7 Å². The van der Waals surface area contributed by atoms with Crippen molar-refractivity contribution in [1.29, 1.82) is 0 Å². The average molecular weight is 788 g/mol. The molecular formula is C52H73N3O3. The van der Waals surface area contributed by atoms with Gasteiger partial charge in [-0.15, -0.1) is 0 Å². The van der Waals surface area contributed by atoms with E-state index in [1.165, 1.54) is 153 Å². The molecule has 314 valence electrons. The van der Waals surface area contributed by atoms with Gasteiger partial charge in [-0.2, -0.15) is 0 Å². The van der Waals surface area contributed by atoms with Gasteiger partial charge in [0.2, 0.25) is 5.91 Å². The fraction of sp³-hybridized carbons (Fsp3) is 0.731. The Kier molecular flexibility index (Phi) is 11.5. The number of piperidine rings is 2. The number of hydrogen-bond donors (Lipinski definition) is 1. The number of rotatable bonds is 15. The van der Waals surface area contributed by atoms with Gasteiger partial charge in [-0.1, -0.05) is 76.3 Å². The molecule has 2 aromatic carbocycles. The van der Waals surface area contributed by atoms with Crippen molar-refractivity contribution in [2.75, 3.05) is 31.5 Å². The first-order valence-electron chi connectivity index (χ1n) is 24.7. The Morgan fingerprint density at radius 1 is 0.603 bits per heavy atom. The normalized spacial score (nSPS) is 31.8. The third kappa shape index (κ3) is 7.62. The Bertz CT molecular complexity index is 1670. The van der Waals surface area contributed by atoms with Gasteiger partial charge >= 0.3 is 5.97 Å². The molecule has 1 N–H and O–H groups in total. The van der Waals surface area contributed by atoms with Crippen LogP contribution in [-0.2, 0) is 33.3 Å². The molecule has 0 unspecified atom stereocenters. The van der Waals surface area contributed by atoms with Crippen molar-refractivity contribution in [3.63, 3.8) is 0 Å². The van der Waals surface area contributed by atoms with E-state index in [4.69, 9.17) is 4.74 Å². The highest BCUT2D eigenvalue weighted by Crippen LogP contribution is 2.58. The summed E-state index contributed by atoms with van der Waals surface area (Å²) in [4.78, 5) is 31.9. The van der Waals surface area contributed by atoms with Crippen LogP contribution in [0.2, 0.25) is 0 Å². The van der Waals surface area contributed by atoms with Crippen LogP contribution in [0.3, 0.4) is 0 Å². The summed E-state index contributed by atoms with van der Waals surface area (Å²) in [6, 6.07) is 15.0. The summed E-state index contributed by atoms with van der Waals surface area (Å²) in [6.45, 7) is 5.14. The fourth-order valence-corrected chi connectivity index (χ4v) is 14.4. The van der Waals surface area contributed by atoms with Crippen LogP contribution < -0.4 is 10.1 Å². The summed E-state index contributed by atoms with van der Waals surface area (Å²) in [6.07, 6.45) is 31.5. The molecule has 6 aliphatic carbocycles. The van der Waals surface area contributed by atoms with Gasteiger partial charge in [-0.05, 0) is 173 Å². The maximum absolute atomic E-state index is 13.1. The van der Waals surface area contributed by atoms with Gasteiger partial charge in [0.05, 0.1) is 0 Å². The molecule has 4 saturated carbocycles. The SMILES string of the molecule is O=C(CCCCCCCCC(=O)Oc1ccc2c(c1)[C@]13CCCC[C@@H]1[C@@H](C2)N(CC1CCC1)CC3)Nc1ccc2c(c1)[C@@]13CCCC[C@H]1[C@H](C2)N(CC1CCC1)CC3. The quantitative estimate of drug-likeness (QED) is 0.111. The molecule has 6 fully saturated rings. The number of esters is 1. The van der Waals surface area contributed by atoms with Crippen LogP contribution >= 0.6 is 0 Å². The maximum atomic E-state index is 13.1. The van der Waals surface area contributed by atoms with Crippen LogP contribution in [0.25, 0.3) is 0 Å². The number of benzene rings is 2. The number of fused-ring (bicyclic) bond motifs is 2. The maximum Gasteiger partial charge on any atom is 0.311 e. The van der Waals surface area contributed by atoms with Gasteiger partial charge in [0.15, 0.2) is 0 Å². The van der Waals surface area contributed by atoms with Gasteiger partial charge in [-0.25, -0.2) is 0 Å². The highest BCUT2D eigenvalue weighted by Gasteiger charge is 2.55. The van der Waals surface area contributed by atoms with Crippen LogP contribution in [0.15, 0.2) is 36.4 Å². The summed E-state index contributed by atoms with van der Waals surface area (Å²) in [7, 11) is 0. The third-order valence-electron chi connectivity index (χ3n) is 17.9. The third-order valence-corrected chi connectivity index (χ3v) is 17.9. The molecule has 0 radical (unpaired) electrons. The Morgan fingerprint density at radius 2 is 1.16 bits per heavy atom. The monoisotopic (exact) mass is 788 g/mol. The number of carbonyl (C=O) groups excluding carboxylic acids is 2. The van der Waals surface area contributed by atoms with Gasteiger partial charge in [-0.3, -0.25) is 19.4 Å². The average Bonchev–Trinajstić information content (AvgIpc) is 3.20. The summed E-state index contributed by atoms with van der Waals surface area (Å²) < 4.78 is 6.01. The number of unbranched alkanes of at least 4 members (excludes halogenated alkanes) is 5. The molecule has 4 bridgehead atoms. The first-order valence-corrected chi connectivity index (χ1v) is 24.7. The number of nitrogens with one attached hydrogen (secondary N) is 1. The zero-order valence-electron chi connectivity index (χ0n) is 35.8. The van der Waals surface area contributed by atoms with E-state index in [0.29, 0.717) is 30.3 Å². The van der Waals surface area contributed by atoms with E-state index in [2.05, 4.69) is 51.5 Å². The molecule has 58 heavy (non-hydrogen) atoms. The smallest absolute Gasteiger partial charge is 0.311 e. The Labute approximate surface area is 350 Å². The van der Waals surface area contributed by atoms with Crippen molar-refractivity contribution in [2.24, 2.45) is 23.7 Å². The van der Waals surface area contributed by atoms with Crippen molar-refractivity contribution in [3.8, 4) is 5.75 Å². The molecule has 8 aliphatic rings. The molecule has 0 aromatic heterocycles. The number of carbonyl (C=O) groups is 2. The fourth-order valence-electron chi connectivity index (χ4n) is 14.4. The molecule has 0 spiro atoms. The van der Waals surface area contributed by atoms with Crippen molar-refractivity contribution in [1.82, 2.24) is 9.80 Å². The number of nitrogens with zero attached hydrogens (tertiary/aromatic N) is 2. The summed E-state index contributed by atoms with van der Waals surface area (Å²) in [5.74, 6) is 4.24. The first kappa shape index (κ1) is 39.4. The second-order valence-electron chi connectivity index (χ2n) is 21.0. The molecule has 1 amide bonds. The van der Waals surface area contributed by atoms with E-state index in [1.54, 1.807) is 11.1 Å². The predicted molar refractivity (Wildman–Crippen MR) is 233 cm³/mol. The van der Waals surface area contributed by atoms with E-state index in [-0.39, 0.29) is 17.3 Å². The van der Waals surface area contributed by atoms with E-state index < -0.39 is 0 Å². The number of hydrogen-bond acceptors (Lipinski definition) is 5. The lowest BCUT2D eigenvalue weighted by molar-refractivity contribution is -0.134. The lowest BCUT2D eigenvalue weighted by atomic mass is 9.52. The van der Waals surface area contributed by atoms with Crippen LogP contribution in [0.5, 0.6) is 5.75 Å². The molecule has 2 aliphatic heterocycles. The van der Waals surface area contributed by atoms with Crippen LogP contribution in [0.4, 0.5) is 5.69 Å². The second-order valence-corrected chi connectivity index (χ2v) is 21.0.